The van der Waals surface area contributed by atoms with E-state index in [4.69, 9.17) is 9.47 Å². The van der Waals surface area contributed by atoms with Crippen molar-refractivity contribution in [2.75, 3.05) is 26.8 Å². The third kappa shape index (κ3) is 7.46. The highest BCUT2D eigenvalue weighted by Gasteiger charge is 2.13. The summed E-state index contributed by atoms with van der Waals surface area (Å²) in [7, 11) is 1.68. The lowest BCUT2D eigenvalue weighted by Crippen LogP contribution is -2.35. The van der Waals surface area contributed by atoms with E-state index in [-0.39, 0.29) is 6.10 Å². The van der Waals surface area contributed by atoms with Crippen LogP contribution >= 0.6 is 0 Å². The van der Waals surface area contributed by atoms with Crippen LogP contribution in [0.1, 0.15) is 32.8 Å². The highest BCUT2D eigenvalue weighted by atomic mass is 16.5. The molecule has 0 radical (unpaired) electrons. The third-order valence-electron chi connectivity index (χ3n) is 3.17. The quantitative estimate of drug-likeness (QED) is 0.720. The Morgan fingerprint density at radius 3 is 2.67 bits per heavy atom. The topological polar surface area (TPSA) is 41.9 Å². The van der Waals surface area contributed by atoms with Crippen LogP contribution in [0.3, 0.4) is 0 Å². The van der Waals surface area contributed by atoms with Gasteiger partial charge in [-0.25, -0.2) is 0 Å². The first kappa shape index (κ1) is 18.0. The van der Waals surface area contributed by atoms with Gasteiger partial charge in [-0.3, -0.25) is 4.90 Å². The lowest BCUT2D eigenvalue weighted by molar-refractivity contribution is -0.00950. The molecule has 0 aliphatic heterocycles. The van der Waals surface area contributed by atoms with Gasteiger partial charge < -0.3 is 14.6 Å². The van der Waals surface area contributed by atoms with Crippen LogP contribution in [-0.4, -0.2) is 49.0 Å². The molecule has 0 fully saturated rings. The van der Waals surface area contributed by atoms with Crippen molar-refractivity contribution in [1.29, 1.82) is 0 Å². The van der Waals surface area contributed by atoms with Crippen LogP contribution in [0.5, 0.6) is 5.75 Å². The van der Waals surface area contributed by atoms with Crippen molar-refractivity contribution in [3.63, 3.8) is 0 Å². The molecule has 0 bridgehead atoms. The maximum absolute atomic E-state index is 10.1. The van der Waals surface area contributed by atoms with Crippen LogP contribution in [0.25, 0.3) is 0 Å². The molecule has 1 aromatic rings. The SMILES string of the molecule is CCCN(Cc1cccc(OC)c1)C[C@H](O)COC(C)C. The molecule has 1 rings (SSSR count). The molecular weight excluding hydrogens is 266 g/mol. The molecule has 0 unspecified atom stereocenters. The van der Waals surface area contributed by atoms with Crippen LogP contribution < -0.4 is 4.74 Å². The number of aliphatic hydroxyl groups excluding tert-OH is 1. The number of benzene rings is 1. The van der Waals surface area contributed by atoms with Crippen LogP contribution in [0.2, 0.25) is 0 Å². The van der Waals surface area contributed by atoms with Gasteiger partial charge in [0.05, 0.1) is 25.9 Å². The van der Waals surface area contributed by atoms with E-state index in [9.17, 15) is 5.11 Å². The highest BCUT2D eigenvalue weighted by Crippen LogP contribution is 2.14. The average molecular weight is 295 g/mol. The highest BCUT2D eigenvalue weighted by molar-refractivity contribution is 5.28. The summed E-state index contributed by atoms with van der Waals surface area (Å²) in [6.45, 7) is 8.88. The maximum atomic E-state index is 10.1. The summed E-state index contributed by atoms with van der Waals surface area (Å²) in [5.41, 5.74) is 1.19. The summed E-state index contributed by atoms with van der Waals surface area (Å²) in [6, 6.07) is 8.07. The molecule has 4 nitrogen and oxygen atoms in total. The minimum absolute atomic E-state index is 0.151. The Bertz CT molecular complexity index is 395. The fourth-order valence-electron chi connectivity index (χ4n) is 2.23. The Balaban J connectivity index is 2.55. The van der Waals surface area contributed by atoms with E-state index in [0.29, 0.717) is 13.2 Å². The second-order valence-corrected chi connectivity index (χ2v) is 5.62. The van der Waals surface area contributed by atoms with Crippen LogP contribution in [0.15, 0.2) is 24.3 Å². The van der Waals surface area contributed by atoms with Crippen molar-refractivity contribution in [3.05, 3.63) is 29.8 Å². The molecule has 21 heavy (non-hydrogen) atoms. The number of hydrogen-bond donors (Lipinski definition) is 1. The average Bonchev–Trinajstić information content (AvgIpc) is 2.45. The first-order valence-corrected chi connectivity index (χ1v) is 7.70. The second kappa shape index (κ2) is 9.77. The van der Waals surface area contributed by atoms with Gasteiger partial charge in [0.25, 0.3) is 0 Å². The Labute approximate surface area is 128 Å². The molecule has 4 heteroatoms. The Hall–Kier alpha value is -1.10. The zero-order valence-corrected chi connectivity index (χ0v) is 13.7. The molecule has 0 spiro atoms. The minimum atomic E-state index is -0.454. The summed E-state index contributed by atoms with van der Waals surface area (Å²) < 4.78 is 10.7. The molecule has 1 atom stereocenters. The molecule has 0 amide bonds. The van der Waals surface area contributed by atoms with Gasteiger partial charge in [0.1, 0.15) is 5.75 Å². The number of rotatable bonds is 10. The van der Waals surface area contributed by atoms with Crippen LogP contribution in [0, 0.1) is 0 Å². The van der Waals surface area contributed by atoms with E-state index >= 15 is 0 Å². The van der Waals surface area contributed by atoms with Crippen molar-refractivity contribution in [1.82, 2.24) is 4.90 Å². The van der Waals surface area contributed by atoms with Crippen molar-refractivity contribution in [2.24, 2.45) is 0 Å². The van der Waals surface area contributed by atoms with E-state index < -0.39 is 6.10 Å². The molecule has 1 N–H and O–H groups in total. The molecular formula is C17H29NO3. The van der Waals surface area contributed by atoms with E-state index in [2.05, 4.69) is 17.9 Å². The summed E-state index contributed by atoms with van der Waals surface area (Å²) in [6.07, 6.45) is 0.754. The fourth-order valence-corrected chi connectivity index (χ4v) is 2.23. The Morgan fingerprint density at radius 1 is 1.29 bits per heavy atom. The normalized spacial score (nSPS) is 12.9. The largest absolute Gasteiger partial charge is 0.497 e. The minimum Gasteiger partial charge on any atom is -0.497 e. The number of aliphatic hydroxyl groups is 1. The predicted molar refractivity (Wildman–Crippen MR) is 85.7 cm³/mol. The molecule has 1 aromatic carbocycles. The van der Waals surface area contributed by atoms with Gasteiger partial charge in [-0.2, -0.15) is 0 Å². The van der Waals surface area contributed by atoms with Crippen molar-refractivity contribution in [2.45, 2.75) is 45.9 Å². The summed E-state index contributed by atoms with van der Waals surface area (Å²) in [4.78, 5) is 2.25. The zero-order chi connectivity index (χ0) is 15.7. The standard InChI is InChI=1S/C17H29NO3/c1-5-9-18(12-16(19)13-21-14(2)3)11-15-7-6-8-17(10-15)20-4/h6-8,10,14,16,19H,5,9,11-13H2,1-4H3/t16-/m0/s1. The zero-order valence-electron chi connectivity index (χ0n) is 13.7. The van der Waals surface area contributed by atoms with Crippen molar-refractivity contribution in [3.8, 4) is 5.75 Å². The molecule has 0 saturated carbocycles. The van der Waals surface area contributed by atoms with Gasteiger partial charge in [0.15, 0.2) is 0 Å². The molecule has 120 valence electrons. The van der Waals surface area contributed by atoms with E-state index in [1.54, 1.807) is 7.11 Å². The number of ether oxygens (including phenoxy) is 2. The lowest BCUT2D eigenvalue weighted by atomic mass is 10.2. The smallest absolute Gasteiger partial charge is 0.119 e. The van der Waals surface area contributed by atoms with Crippen LogP contribution in [-0.2, 0) is 11.3 Å². The molecule has 0 heterocycles. The van der Waals surface area contributed by atoms with Gasteiger partial charge >= 0.3 is 0 Å². The van der Waals surface area contributed by atoms with Crippen LogP contribution in [0.4, 0.5) is 0 Å². The first-order valence-electron chi connectivity index (χ1n) is 7.70. The lowest BCUT2D eigenvalue weighted by Gasteiger charge is -2.25. The monoisotopic (exact) mass is 295 g/mol. The Kier molecular flexibility index (Phi) is 8.35. The molecule has 0 aliphatic carbocycles. The van der Waals surface area contributed by atoms with Gasteiger partial charge in [-0.15, -0.1) is 0 Å². The summed E-state index contributed by atoms with van der Waals surface area (Å²) in [5, 5.41) is 10.1. The van der Waals surface area contributed by atoms with Gasteiger partial charge in [-0.05, 0) is 44.5 Å². The van der Waals surface area contributed by atoms with E-state index in [1.165, 1.54) is 5.56 Å². The van der Waals surface area contributed by atoms with Gasteiger partial charge in [0, 0.05) is 13.1 Å². The third-order valence-corrected chi connectivity index (χ3v) is 3.17. The first-order chi connectivity index (χ1) is 10.0. The van der Waals surface area contributed by atoms with E-state index in [1.807, 2.05) is 32.0 Å². The predicted octanol–water partition coefficient (Wildman–Crippen LogP) is 2.69. The number of methoxy groups -OCH3 is 1. The summed E-state index contributed by atoms with van der Waals surface area (Å²) >= 11 is 0. The molecule has 0 aromatic heterocycles. The number of nitrogens with zero attached hydrogens (tertiary/aromatic N) is 1. The van der Waals surface area contributed by atoms with E-state index in [0.717, 1.165) is 25.3 Å². The van der Waals surface area contributed by atoms with Gasteiger partial charge in [0.2, 0.25) is 0 Å². The molecule has 0 aliphatic rings. The summed E-state index contributed by atoms with van der Waals surface area (Å²) in [5.74, 6) is 0.868. The fraction of sp³-hybridized carbons (Fsp3) is 0.647. The van der Waals surface area contributed by atoms with Gasteiger partial charge in [-0.1, -0.05) is 19.1 Å². The molecule has 0 saturated heterocycles. The maximum Gasteiger partial charge on any atom is 0.119 e. The second-order valence-electron chi connectivity index (χ2n) is 5.62. The van der Waals surface area contributed by atoms with Crippen molar-refractivity contribution >= 4 is 0 Å². The number of hydrogen-bond acceptors (Lipinski definition) is 4. The van der Waals surface area contributed by atoms with Crippen molar-refractivity contribution < 1.29 is 14.6 Å². The Morgan fingerprint density at radius 2 is 2.05 bits per heavy atom.